The molecule has 92 valence electrons. The van der Waals surface area contributed by atoms with Crippen LogP contribution in [0.4, 0.5) is 0 Å². The van der Waals surface area contributed by atoms with E-state index in [9.17, 15) is 16.8 Å². The Balaban J connectivity index is 0.00000106. The van der Waals surface area contributed by atoms with Crippen LogP contribution in [0.15, 0.2) is 35.2 Å². The monoisotopic (exact) mass is 265 g/mol. The first-order valence-corrected chi connectivity index (χ1v) is 7.97. The Hall–Kier alpha value is -0.920. The molecule has 0 radical (unpaired) electrons. The maximum Gasteiger partial charge on any atom is 0.253 e. The number of hydrogen-bond acceptors (Lipinski definition) is 4. The van der Waals surface area contributed by atoms with E-state index in [0.717, 1.165) is 6.26 Å². The van der Waals surface area contributed by atoms with Gasteiger partial charge in [0.15, 0.2) is 0 Å². The molecular formula is C9H15NO4S2. The summed E-state index contributed by atoms with van der Waals surface area (Å²) in [5, 5.41) is 0. The largest absolute Gasteiger partial charge is 0.253 e. The lowest BCUT2D eigenvalue weighted by atomic mass is 10.4. The summed E-state index contributed by atoms with van der Waals surface area (Å²) in [4.78, 5) is -0.0783. The van der Waals surface area contributed by atoms with E-state index in [4.69, 9.17) is 0 Å². The molecule has 0 spiro atoms. The Bertz CT molecular complexity index is 506. The van der Waals surface area contributed by atoms with Gasteiger partial charge in [0, 0.05) is 0 Å². The number of nitrogens with one attached hydrogen (secondary N) is 1. The average molecular weight is 265 g/mol. The molecule has 0 unspecified atom stereocenters. The molecule has 1 rings (SSSR count). The standard InChI is InChI=1S/C7H9NO4S2.C2H6/c1-13(9,10)8-14(11,12)7-5-3-2-4-6-7;1-2/h2-6,8H,1H3;1-2H3. The van der Waals surface area contributed by atoms with Gasteiger partial charge in [-0.25, -0.2) is 16.8 Å². The Morgan fingerprint density at radius 2 is 1.38 bits per heavy atom. The van der Waals surface area contributed by atoms with Crippen LogP contribution in [0, 0.1) is 0 Å². The highest BCUT2D eigenvalue weighted by Crippen LogP contribution is 2.07. The summed E-state index contributed by atoms with van der Waals surface area (Å²) in [6, 6.07) is 7.29. The van der Waals surface area contributed by atoms with E-state index in [1.165, 1.54) is 24.3 Å². The zero-order chi connectivity index (χ0) is 12.8. The van der Waals surface area contributed by atoms with Crippen LogP contribution in [0.3, 0.4) is 0 Å². The molecule has 0 saturated heterocycles. The maximum atomic E-state index is 11.4. The highest BCUT2D eigenvalue weighted by atomic mass is 32.3. The van der Waals surface area contributed by atoms with Gasteiger partial charge in [-0.15, -0.1) is 4.13 Å². The molecule has 5 nitrogen and oxygen atoms in total. The third-order valence-electron chi connectivity index (χ3n) is 1.31. The van der Waals surface area contributed by atoms with Crippen molar-refractivity contribution in [3.05, 3.63) is 30.3 Å². The Labute approximate surface area is 96.6 Å². The molecule has 0 heterocycles. The van der Waals surface area contributed by atoms with E-state index >= 15 is 0 Å². The molecule has 0 amide bonds. The normalized spacial score (nSPS) is 11.4. The Morgan fingerprint density at radius 1 is 0.938 bits per heavy atom. The van der Waals surface area contributed by atoms with Crippen LogP contribution < -0.4 is 4.13 Å². The quantitative estimate of drug-likeness (QED) is 0.882. The summed E-state index contributed by atoms with van der Waals surface area (Å²) in [6.45, 7) is 4.00. The van der Waals surface area contributed by atoms with Crippen LogP contribution in [0.5, 0.6) is 0 Å². The van der Waals surface area contributed by atoms with Crippen molar-refractivity contribution < 1.29 is 16.8 Å². The molecule has 0 fully saturated rings. The van der Waals surface area contributed by atoms with Crippen molar-refractivity contribution in [1.29, 1.82) is 0 Å². The van der Waals surface area contributed by atoms with Gasteiger partial charge in [-0.2, -0.15) is 0 Å². The van der Waals surface area contributed by atoms with Crippen LogP contribution in [-0.2, 0) is 20.0 Å². The van der Waals surface area contributed by atoms with Crippen molar-refractivity contribution in [3.63, 3.8) is 0 Å². The van der Waals surface area contributed by atoms with Gasteiger partial charge < -0.3 is 0 Å². The van der Waals surface area contributed by atoms with Gasteiger partial charge >= 0.3 is 0 Å². The third kappa shape index (κ3) is 5.24. The molecule has 0 saturated carbocycles. The van der Waals surface area contributed by atoms with E-state index in [0.29, 0.717) is 0 Å². The molecule has 1 N–H and O–H groups in total. The SMILES string of the molecule is CC.CS(=O)(=O)NS(=O)(=O)c1ccccc1. The molecule has 1 aromatic carbocycles. The molecule has 0 bridgehead atoms. The first-order chi connectivity index (χ1) is 7.31. The molecule has 0 atom stereocenters. The Kier molecular flexibility index (Phi) is 5.63. The second-order valence-electron chi connectivity index (χ2n) is 2.67. The van der Waals surface area contributed by atoms with Gasteiger partial charge in [-0.3, -0.25) is 0 Å². The maximum absolute atomic E-state index is 11.4. The second-order valence-corrected chi connectivity index (χ2v) is 6.36. The minimum atomic E-state index is -3.96. The van der Waals surface area contributed by atoms with Gasteiger partial charge in [-0.05, 0) is 12.1 Å². The number of hydrogen-bond donors (Lipinski definition) is 1. The highest BCUT2D eigenvalue weighted by molar-refractivity contribution is 8.04. The van der Waals surface area contributed by atoms with E-state index in [1.807, 2.05) is 13.8 Å². The van der Waals surface area contributed by atoms with Crippen LogP contribution in [-0.4, -0.2) is 23.1 Å². The van der Waals surface area contributed by atoms with Crippen LogP contribution >= 0.6 is 0 Å². The fraction of sp³-hybridized carbons (Fsp3) is 0.333. The van der Waals surface area contributed by atoms with Crippen molar-refractivity contribution in [2.24, 2.45) is 0 Å². The van der Waals surface area contributed by atoms with E-state index in [1.54, 1.807) is 10.2 Å². The number of sulfonamides is 2. The molecule has 7 heteroatoms. The summed E-state index contributed by atoms with van der Waals surface area (Å²) in [7, 11) is -7.72. The smallest absolute Gasteiger partial charge is 0.212 e. The number of benzene rings is 1. The lowest BCUT2D eigenvalue weighted by Gasteiger charge is -2.03. The van der Waals surface area contributed by atoms with Crippen molar-refractivity contribution in [3.8, 4) is 0 Å². The van der Waals surface area contributed by atoms with Crippen molar-refractivity contribution in [1.82, 2.24) is 4.13 Å². The average Bonchev–Trinajstić information content (AvgIpc) is 2.19. The first kappa shape index (κ1) is 15.1. The van der Waals surface area contributed by atoms with Crippen LogP contribution in [0.25, 0.3) is 0 Å². The zero-order valence-electron chi connectivity index (χ0n) is 9.34. The zero-order valence-corrected chi connectivity index (χ0v) is 11.0. The summed E-state index contributed by atoms with van der Waals surface area (Å²) in [6.07, 6.45) is 0.785. The molecular weight excluding hydrogens is 250 g/mol. The topological polar surface area (TPSA) is 80.3 Å². The molecule has 1 aromatic rings. The summed E-state index contributed by atoms with van der Waals surface area (Å²) >= 11 is 0. The Morgan fingerprint density at radius 3 is 1.75 bits per heavy atom. The molecule has 0 aliphatic rings. The van der Waals surface area contributed by atoms with Gasteiger partial charge in [0.2, 0.25) is 10.0 Å². The lowest BCUT2D eigenvalue weighted by molar-refractivity contribution is 0.580. The van der Waals surface area contributed by atoms with Gasteiger partial charge in [0.05, 0.1) is 11.2 Å². The summed E-state index contributed by atoms with van der Waals surface area (Å²) < 4.78 is 45.7. The number of rotatable bonds is 3. The van der Waals surface area contributed by atoms with Gasteiger partial charge in [-0.1, -0.05) is 32.0 Å². The minimum Gasteiger partial charge on any atom is -0.212 e. The minimum absolute atomic E-state index is 0.0783. The summed E-state index contributed by atoms with van der Waals surface area (Å²) in [5.74, 6) is 0. The molecule has 0 aliphatic carbocycles. The van der Waals surface area contributed by atoms with Gasteiger partial charge in [0.25, 0.3) is 10.0 Å². The lowest BCUT2D eigenvalue weighted by Crippen LogP contribution is -2.29. The van der Waals surface area contributed by atoms with E-state index in [2.05, 4.69) is 0 Å². The van der Waals surface area contributed by atoms with Gasteiger partial charge in [0.1, 0.15) is 0 Å². The second kappa shape index (κ2) is 5.97. The predicted octanol–water partition coefficient (Wildman–Crippen LogP) is 0.951. The molecule has 16 heavy (non-hydrogen) atoms. The van der Waals surface area contributed by atoms with E-state index in [-0.39, 0.29) is 4.90 Å². The fourth-order valence-corrected chi connectivity index (χ4v) is 3.34. The molecule has 0 aromatic heterocycles. The first-order valence-electron chi connectivity index (χ1n) is 4.60. The van der Waals surface area contributed by atoms with Crippen LogP contribution in [0.1, 0.15) is 13.8 Å². The summed E-state index contributed by atoms with van der Waals surface area (Å²) in [5.41, 5.74) is 0. The van der Waals surface area contributed by atoms with Crippen molar-refractivity contribution in [2.45, 2.75) is 18.7 Å². The third-order valence-corrected chi connectivity index (χ3v) is 4.30. The van der Waals surface area contributed by atoms with Crippen LogP contribution in [0.2, 0.25) is 0 Å². The molecule has 0 aliphatic heterocycles. The van der Waals surface area contributed by atoms with E-state index < -0.39 is 20.0 Å². The predicted molar refractivity (Wildman–Crippen MR) is 63.0 cm³/mol. The highest BCUT2D eigenvalue weighted by Gasteiger charge is 2.18. The van der Waals surface area contributed by atoms with Crippen molar-refractivity contribution in [2.75, 3.05) is 6.26 Å². The fourth-order valence-electron chi connectivity index (χ4n) is 0.847. The van der Waals surface area contributed by atoms with Crippen molar-refractivity contribution >= 4 is 20.0 Å².